The van der Waals surface area contributed by atoms with E-state index in [1.165, 1.54) is 25.7 Å². The first kappa shape index (κ1) is 20.8. The van der Waals surface area contributed by atoms with Crippen molar-refractivity contribution in [2.75, 3.05) is 23.3 Å². The molecule has 3 aromatic rings. The molecule has 8 heteroatoms. The standard InChI is InChI=1S/C23H29N7O/c1-2-3-4-5-6-14-29-17-19(16-26-29)27-21-11-12-24-22(28-21)18-7-9-20(10-8-18)30-15-13-25-23(30)31/h7-12,16-17H,2-6,13-15H2,1H3,(H,25,31)(H,24,27,28). The van der Waals surface area contributed by atoms with E-state index in [4.69, 9.17) is 0 Å². The number of amides is 2. The van der Waals surface area contributed by atoms with E-state index in [0.717, 1.165) is 35.7 Å². The molecule has 2 amide bonds. The summed E-state index contributed by atoms with van der Waals surface area (Å²) in [4.78, 5) is 22.6. The van der Waals surface area contributed by atoms with Crippen LogP contribution >= 0.6 is 0 Å². The third-order valence-electron chi connectivity index (χ3n) is 5.35. The molecule has 1 aromatic carbocycles. The maximum absolute atomic E-state index is 11.8. The number of nitrogens with zero attached hydrogens (tertiary/aromatic N) is 5. The van der Waals surface area contributed by atoms with Crippen LogP contribution in [-0.4, -0.2) is 38.9 Å². The van der Waals surface area contributed by atoms with Crippen LogP contribution in [0.2, 0.25) is 0 Å². The summed E-state index contributed by atoms with van der Waals surface area (Å²) in [5, 5.41) is 10.6. The first-order valence-corrected chi connectivity index (χ1v) is 11.0. The number of urea groups is 1. The summed E-state index contributed by atoms with van der Waals surface area (Å²) in [6, 6.07) is 9.52. The number of carbonyl (C=O) groups is 1. The molecular weight excluding hydrogens is 390 g/mol. The number of rotatable bonds is 10. The van der Waals surface area contributed by atoms with Crippen LogP contribution in [0, 0.1) is 0 Å². The van der Waals surface area contributed by atoms with Crippen molar-refractivity contribution in [1.29, 1.82) is 0 Å². The Morgan fingerprint density at radius 2 is 1.94 bits per heavy atom. The van der Waals surface area contributed by atoms with Crippen LogP contribution in [0.1, 0.15) is 39.0 Å². The Kier molecular flexibility index (Phi) is 6.76. The van der Waals surface area contributed by atoms with Crippen LogP contribution in [0.4, 0.5) is 22.0 Å². The average molecular weight is 420 g/mol. The molecule has 162 valence electrons. The zero-order chi connectivity index (χ0) is 21.5. The molecule has 1 aliphatic heterocycles. The summed E-state index contributed by atoms with van der Waals surface area (Å²) < 4.78 is 1.98. The summed E-state index contributed by atoms with van der Waals surface area (Å²) in [6.07, 6.45) is 11.8. The van der Waals surface area contributed by atoms with E-state index in [-0.39, 0.29) is 6.03 Å². The smallest absolute Gasteiger partial charge is 0.321 e. The second-order valence-corrected chi connectivity index (χ2v) is 7.73. The first-order valence-electron chi connectivity index (χ1n) is 11.0. The highest BCUT2D eigenvalue weighted by Crippen LogP contribution is 2.23. The van der Waals surface area contributed by atoms with Crippen LogP contribution < -0.4 is 15.5 Å². The minimum absolute atomic E-state index is 0.0586. The first-order chi connectivity index (χ1) is 15.2. The van der Waals surface area contributed by atoms with Crippen molar-refractivity contribution < 1.29 is 4.79 Å². The molecule has 0 radical (unpaired) electrons. The number of hydrogen-bond acceptors (Lipinski definition) is 5. The zero-order valence-electron chi connectivity index (χ0n) is 17.9. The van der Waals surface area contributed by atoms with Crippen molar-refractivity contribution >= 4 is 23.2 Å². The number of unbranched alkanes of at least 4 members (excludes halogenated alkanes) is 4. The molecule has 31 heavy (non-hydrogen) atoms. The minimum atomic E-state index is -0.0586. The Bertz CT molecular complexity index is 999. The van der Waals surface area contributed by atoms with Crippen molar-refractivity contribution in [3.63, 3.8) is 0 Å². The Hall–Kier alpha value is -3.42. The highest BCUT2D eigenvalue weighted by molar-refractivity contribution is 5.94. The maximum Gasteiger partial charge on any atom is 0.321 e. The fourth-order valence-corrected chi connectivity index (χ4v) is 3.65. The van der Waals surface area contributed by atoms with Crippen LogP contribution in [0.15, 0.2) is 48.9 Å². The van der Waals surface area contributed by atoms with Gasteiger partial charge in [0, 0.05) is 43.3 Å². The molecular formula is C23H29N7O. The summed E-state index contributed by atoms with van der Waals surface area (Å²) in [7, 11) is 0. The van der Waals surface area contributed by atoms with E-state index in [1.54, 1.807) is 11.1 Å². The minimum Gasteiger partial charge on any atom is -0.338 e. The van der Waals surface area contributed by atoms with Gasteiger partial charge in [-0.2, -0.15) is 5.10 Å². The monoisotopic (exact) mass is 419 g/mol. The van der Waals surface area contributed by atoms with Crippen LogP contribution in [-0.2, 0) is 6.54 Å². The topological polar surface area (TPSA) is 88.0 Å². The highest BCUT2D eigenvalue weighted by atomic mass is 16.2. The summed E-state index contributed by atoms with van der Waals surface area (Å²) in [5.41, 5.74) is 2.68. The van der Waals surface area contributed by atoms with Gasteiger partial charge in [0.25, 0.3) is 0 Å². The van der Waals surface area contributed by atoms with E-state index >= 15 is 0 Å². The molecule has 1 aliphatic rings. The molecule has 4 rings (SSSR count). The Morgan fingerprint density at radius 3 is 2.71 bits per heavy atom. The van der Waals surface area contributed by atoms with Crippen LogP contribution in [0.25, 0.3) is 11.4 Å². The van der Waals surface area contributed by atoms with Crippen molar-refractivity contribution in [1.82, 2.24) is 25.1 Å². The molecule has 0 aliphatic carbocycles. The Morgan fingerprint density at radius 1 is 1.10 bits per heavy atom. The number of carbonyl (C=O) groups excluding carboxylic acids is 1. The van der Waals surface area contributed by atoms with E-state index in [1.807, 2.05) is 47.4 Å². The van der Waals surface area contributed by atoms with Gasteiger partial charge in [0.2, 0.25) is 0 Å². The largest absolute Gasteiger partial charge is 0.338 e. The fourth-order valence-electron chi connectivity index (χ4n) is 3.65. The van der Waals surface area contributed by atoms with Crippen molar-refractivity contribution in [2.24, 2.45) is 0 Å². The van der Waals surface area contributed by atoms with Gasteiger partial charge in [0.05, 0.1) is 11.9 Å². The van der Waals surface area contributed by atoms with Gasteiger partial charge < -0.3 is 10.6 Å². The van der Waals surface area contributed by atoms with Gasteiger partial charge in [0.1, 0.15) is 5.82 Å². The van der Waals surface area contributed by atoms with E-state index in [2.05, 4.69) is 32.6 Å². The predicted octanol–water partition coefficient (Wildman–Crippen LogP) is 4.58. The highest BCUT2D eigenvalue weighted by Gasteiger charge is 2.20. The van der Waals surface area contributed by atoms with Gasteiger partial charge >= 0.3 is 6.03 Å². The molecule has 0 saturated carbocycles. The van der Waals surface area contributed by atoms with Crippen molar-refractivity contribution in [3.8, 4) is 11.4 Å². The SMILES string of the molecule is CCCCCCCn1cc(Nc2ccnc(-c3ccc(N4CCNC4=O)cc3)n2)cn1. The van der Waals surface area contributed by atoms with Gasteiger partial charge in [0.15, 0.2) is 5.82 Å². The van der Waals surface area contributed by atoms with Gasteiger partial charge in [-0.25, -0.2) is 14.8 Å². The normalized spacial score (nSPS) is 13.5. The van der Waals surface area contributed by atoms with Crippen molar-refractivity contribution in [3.05, 3.63) is 48.9 Å². The Balaban J connectivity index is 1.37. The van der Waals surface area contributed by atoms with Gasteiger partial charge in [-0.15, -0.1) is 0 Å². The van der Waals surface area contributed by atoms with Crippen LogP contribution in [0.5, 0.6) is 0 Å². The number of hydrogen-bond donors (Lipinski definition) is 2. The molecule has 1 saturated heterocycles. The fraction of sp³-hybridized carbons (Fsp3) is 0.391. The summed E-state index contributed by atoms with van der Waals surface area (Å²) >= 11 is 0. The van der Waals surface area contributed by atoms with Gasteiger partial charge in [-0.3, -0.25) is 9.58 Å². The lowest BCUT2D eigenvalue weighted by molar-refractivity contribution is 0.252. The van der Waals surface area contributed by atoms with E-state index in [9.17, 15) is 4.79 Å². The number of aryl methyl sites for hydroxylation is 1. The molecule has 2 aromatic heterocycles. The molecule has 0 bridgehead atoms. The zero-order valence-corrected chi connectivity index (χ0v) is 17.9. The molecule has 0 spiro atoms. The second kappa shape index (κ2) is 10.1. The molecule has 2 N–H and O–H groups in total. The van der Waals surface area contributed by atoms with Crippen LogP contribution in [0.3, 0.4) is 0 Å². The molecule has 8 nitrogen and oxygen atoms in total. The summed E-state index contributed by atoms with van der Waals surface area (Å²) in [5.74, 6) is 1.35. The average Bonchev–Trinajstić information content (AvgIpc) is 3.42. The lowest BCUT2D eigenvalue weighted by Crippen LogP contribution is -2.27. The predicted molar refractivity (Wildman–Crippen MR) is 122 cm³/mol. The van der Waals surface area contributed by atoms with Crippen molar-refractivity contribution in [2.45, 2.75) is 45.6 Å². The summed E-state index contributed by atoms with van der Waals surface area (Å²) in [6.45, 7) is 4.52. The van der Waals surface area contributed by atoms with Gasteiger partial charge in [-0.05, 0) is 36.8 Å². The molecule has 0 atom stereocenters. The number of benzene rings is 1. The van der Waals surface area contributed by atoms with E-state index < -0.39 is 0 Å². The quantitative estimate of drug-likeness (QED) is 0.470. The molecule has 0 unspecified atom stereocenters. The second-order valence-electron chi connectivity index (χ2n) is 7.73. The van der Waals surface area contributed by atoms with Gasteiger partial charge in [-0.1, -0.05) is 32.6 Å². The molecule has 3 heterocycles. The number of aromatic nitrogens is 4. The molecule has 1 fully saturated rings. The Labute approximate surface area is 182 Å². The maximum atomic E-state index is 11.8. The third-order valence-corrected chi connectivity index (χ3v) is 5.35. The third kappa shape index (κ3) is 5.39. The lowest BCUT2D eigenvalue weighted by Gasteiger charge is -2.14. The lowest BCUT2D eigenvalue weighted by atomic mass is 10.1. The number of anilines is 3. The number of nitrogens with one attached hydrogen (secondary N) is 2. The van der Waals surface area contributed by atoms with E-state index in [0.29, 0.717) is 18.9 Å².